The third-order valence-electron chi connectivity index (χ3n) is 4.37. The van der Waals surface area contributed by atoms with Crippen LogP contribution in [0.2, 0.25) is 0 Å². The Balaban J connectivity index is 1.77. The number of rotatable bonds is 5. The van der Waals surface area contributed by atoms with Crippen LogP contribution in [0, 0.1) is 0 Å². The number of carbonyl (C=O) groups is 1. The number of carbonyl (C=O) groups excluding carboxylic acids is 1. The fraction of sp³-hybridized carbons (Fsp3) is 0.381. The Labute approximate surface area is 154 Å². The predicted octanol–water partition coefficient (Wildman–Crippen LogP) is 2.97. The lowest BCUT2D eigenvalue weighted by Gasteiger charge is -2.34. The minimum absolute atomic E-state index is 0.0733. The zero-order valence-electron chi connectivity index (χ0n) is 15.2. The maximum atomic E-state index is 12.7. The maximum absolute atomic E-state index is 12.7. The lowest BCUT2D eigenvalue weighted by molar-refractivity contribution is -0.0183. The molecule has 1 heterocycles. The van der Waals surface area contributed by atoms with Gasteiger partial charge in [0.1, 0.15) is 5.75 Å². The fourth-order valence-electron chi connectivity index (χ4n) is 3.07. The molecule has 0 spiro atoms. The van der Waals surface area contributed by atoms with E-state index in [4.69, 9.17) is 9.47 Å². The lowest BCUT2D eigenvalue weighted by Crippen LogP contribution is -2.50. The molecule has 1 atom stereocenters. The average Bonchev–Trinajstić information content (AvgIpc) is 2.67. The van der Waals surface area contributed by atoms with Crippen LogP contribution in [-0.2, 0) is 4.74 Å². The molecule has 138 valence electrons. The van der Waals surface area contributed by atoms with Crippen LogP contribution in [0.1, 0.15) is 24.2 Å². The molecule has 0 bridgehead atoms. The summed E-state index contributed by atoms with van der Waals surface area (Å²) in [5.41, 5.74) is 2.68. The van der Waals surface area contributed by atoms with Crippen LogP contribution in [-0.4, -0.2) is 54.4 Å². The third-order valence-corrected chi connectivity index (χ3v) is 4.37. The number of aliphatic hydroxyl groups excluding tert-OH is 1. The molecule has 5 nitrogen and oxygen atoms in total. The summed E-state index contributed by atoms with van der Waals surface area (Å²) in [4.78, 5) is 14.4. The molecule has 1 aliphatic rings. The number of amides is 1. The molecule has 1 amide bonds. The number of hydrogen-bond donors (Lipinski definition) is 1. The van der Waals surface area contributed by atoms with Crippen molar-refractivity contribution in [2.75, 3.05) is 26.4 Å². The predicted molar refractivity (Wildman–Crippen MR) is 100 cm³/mol. The number of nitrogens with zero attached hydrogens (tertiary/aromatic N) is 1. The van der Waals surface area contributed by atoms with E-state index in [1.807, 2.05) is 62.4 Å². The van der Waals surface area contributed by atoms with E-state index < -0.39 is 0 Å². The minimum atomic E-state index is -0.277. The van der Waals surface area contributed by atoms with Crippen LogP contribution in [0.4, 0.5) is 0 Å². The molecule has 1 aliphatic heterocycles. The van der Waals surface area contributed by atoms with Crippen molar-refractivity contribution in [3.63, 3.8) is 0 Å². The molecule has 1 fully saturated rings. The molecule has 1 N–H and O–H groups in total. The first-order chi connectivity index (χ1) is 12.6. The standard InChI is InChI=1S/C21H25NO4/c1-15(2)26-20-5-3-4-18(12-20)16-6-8-17(9-7-16)21(24)22-10-11-25-14-19(22)13-23/h3-9,12,15,19,23H,10-11,13-14H2,1-2H3. The highest BCUT2D eigenvalue weighted by Gasteiger charge is 2.27. The Bertz CT molecular complexity index is 742. The van der Waals surface area contributed by atoms with Gasteiger partial charge >= 0.3 is 0 Å². The molecule has 2 aromatic carbocycles. The van der Waals surface area contributed by atoms with Crippen molar-refractivity contribution in [3.05, 3.63) is 54.1 Å². The van der Waals surface area contributed by atoms with Crippen molar-refractivity contribution in [1.29, 1.82) is 0 Å². The molecule has 0 saturated carbocycles. The Morgan fingerprint density at radius 2 is 2.00 bits per heavy atom. The summed E-state index contributed by atoms with van der Waals surface area (Å²) in [6, 6.07) is 15.2. The molecular weight excluding hydrogens is 330 g/mol. The Hall–Kier alpha value is -2.37. The molecule has 3 rings (SSSR count). The van der Waals surface area contributed by atoms with E-state index in [1.165, 1.54) is 0 Å². The van der Waals surface area contributed by atoms with E-state index in [9.17, 15) is 9.90 Å². The van der Waals surface area contributed by atoms with Gasteiger partial charge in [-0.1, -0.05) is 24.3 Å². The first-order valence-corrected chi connectivity index (χ1v) is 8.95. The monoisotopic (exact) mass is 355 g/mol. The minimum Gasteiger partial charge on any atom is -0.491 e. The summed E-state index contributed by atoms with van der Waals surface area (Å²) in [5.74, 6) is 0.757. The van der Waals surface area contributed by atoms with Gasteiger partial charge < -0.3 is 19.5 Å². The van der Waals surface area contributed by atoms with E-state index in [-0.39, 0.29) is 24.7 Å². The largest absolute Gasteiger partial charge is 0.491 e. The van der Waals surface area contributed by atoms with Crippen LogP contribution in [0.25, 0.3) is 11.1 Å². The van der Waals surface area contributed by atoms with E-state index in [0.717, 1.165) is 16.9 Å². The highest BCUT2D eigenvalue weighted by atomic mass is 16.5. The van der Waals surface area contributed by atoms with E-state index in [0.29, 0.717) is 25.3 Å². The third kappa shape index (κ3) is 4.23. The summed E-state index contributed by atoms with van der Waals surface area (Å²) < 4.78 is 11.1. The van der Waals surface area contributed by atoms with Gasteiger partial charge in [-0.05, 0) is 49.2 Å². The molecule has 0 aliphatic carbocycles. The van der Waals surface area contributed by atoms with E-state index in [1.54, 1.807) is 4.90 Å². The summed E-state index contributed by atoms with van der Waals surface area (Å²) >= 11 is 0. The van der Waals surface area contributed by atoms with Crippen LogP contribution < -0.4 is 4.74 Å². The molecule has 2 aromatic rings. The van der Waals surface area contributed by atoms with Crippen molar-refractivity contribution in [2.24, 2.45) is 0 Å². The van der Waals surface area contributed by atoms with Crippen molar-refractivity contribution in [2.45, 2.75) is 26.0 Å². The van der Waals surface area contributed by atoms with Crippen molar-refractivity contribution >= 4 is 5.91 Å². The fourth-order valence-corrected chi connectivity index (χ4v) is 3.07. The number of morpholine rings is 1. The second-order valence-corrected chi connectivity index (χ2v) is 6.68. The second-order valence-electron chi connectivity index (χ2n) is 6.68. The number of hydrogen-bond acceptors (Lipinski definition) is 4. The zero-order chi connectivity index (χ0) is 18.5. The van der Waals surface area contributed by atoms with Gasteiger partial charge in [-0.15, -0.1) is 0 Å². The summed E-state index contributed by atoms with van der Waals surface area (Å²) in [5, 5.41) is 9.45. The normalized spacial score (nSPS) is 17.4. The van der Waals surface area contributed by atoms with Crippen molar-refractivity contribution in [1.82, 2.24) is 4.90 Å². The van der Waals surface area contributed by atoms with Gasteiger partial charge in [-0.2, -0.15) is 0 Å². The Kier molecular flexibility index (Phi) is 5.91. The highest BCUT2D eigenvalue weighted by Crippen LogP contribution is 2.25. The Morgan fingerprint density at radius 1 is 1.23 bits per heavy atom. The van der Waals surface area contributed by atoms with Gasteiger partial charge in [0.15, 0.2) is 0 Å². The summed E-state index contributed by atoms with van der Waals surface area (Å²) in [6.45, 7) is 5.29. The SMILES string of the molecule is CC(C)Oc1cccc(-c2ccc(C(=O)N3CCOCC3CO)cc2)c1. The molecular formula is C21H25NO4. The van der Waals surface area contributed by atoms with Gasteiger partial charge in [-0.3, -0.25) is 4.79 Å². The molecule has 0 radical (unpaired) electrons. The maximum Gasteiger partial charge on any atom is 0.254 e. The lowest BCUT2D eigenvalue weighted by atomic mass is 10.0. The van der Waals surface area contributed by atoms with Crippen molar-refractivity contribution < 1.29 is 19.4 Å². The van der Waals surface area contributed by atoms with Crippen LogP contribution in [0.5, 0.6) is 5.75 Å². The van der Waals surface area contributed by atoms with Gasteiger partial charge in [0.05, 0.1) is 32.0 Å². The van der Waals surface area contributed by atoms with Gasteiger partial charge in [0, 0.05) is 12.1 Å². The van der Waals surface area contributed by atoms with E-state index in [2.05, 4.69) is 0 Å². The van der Waals surface area contributed by atoms with Gasteiger partial charge in [0.2, 0.25) is 0 Å². The van der Waals surface area contributed by atoms with Gasteiger partial charge in [0.25, 0.3) is 5.91 Å². The first-order valence-electron chi connectivity index (χ1n) is 8.95. The number of aliphatic hydroxyl groups is 1. The smallest absolute Gasteiger partial charge is 0.254 e. The average molecular weight is 355 g/mol. The molecule has 1 saturated heterocycles. The summed E-state index contributed by atoms with van der Waals surface area (Å²) in [7, 11) is 0. The van der Waals surface area contributed by atoms with E-state index >= 15 is 0 Å². The highest BCUT2D eigenvalue weighted by molar-refractivity contribution is 5.95. The summed E-state index contributed by atoms with van der Waals surface area (Å²) in [6.07, 6.45) is 0.123. The van der Waals surface area contributed by atoms with Crippen LogP contribution >= 0.6 is 0 Å². The quantitative estimate of drug-likeness (QED) is 0.896. The van der Waals surface area contributed by atoms with Crippen molar-refractivity contribution in [3.8, 4) is 16.9 Å². The molecule has 0 aromatic heterocycles. The van der Waals surface area contributed by atoms with Crippen LogP contribution in [0.15, 0.2) is 48.5 Å². The molecule has 26 heavy (non-hydrogen) atoms. The van der Waals surface area contributed by atoms with Crippen LogP contribution in [0.3, 0.4) is 0 Å². The number of ether oxygens (including phenoxy) is 2. The second kappa shape index (κ2) is 8.34. The number of benzene rings is 2. The zero-order valence-corrected chi connectivity index (χ0v) is 15.2. The van der Waals surface area contributed by atoms with Gasteiger partial charge in [-0.25, -0.2) is 0 Å². The first kappa shape index (κ1) is 18.4. The topological polar surface area (TPSA) is 59.0 Å². The molecule has 1 unspecified atom stereocenters. The Morgan fingerprint density at radius 3 is 2.69 bits per heavy atom. The molecule has 5 heteroatoms.